The van der Waals surface area contributed by atoms with Crippen LogP contribution in [0.5, 0.6) is 0 Å². The molecule has 1 unspecified atom stereocenters. The molecule has 0 bridgehead atoms. The van der Waals surface area contributed by atoms with Crippen molar-refractivity contribution in [2.24, 2.45) is 0 Å². The molecule has 1 saturated heterocycles. The predicted octanol–water partition coefficient (Wildman–Crippen LogP) is 1.83. The van der Waals surface area contributed by atoms with Crippen LogP contribution in [0, 0.1) is 0 Å². The van der Waals surface area contributed by atoms with E-state index in [1.54, 1.807) is 0 Å². The van der Waals surface area contributed by atoms with Crippen LogP contribution in [0.15, 0.2) is 24.3 Å². The Morgan fingerprint density at radius 3 is 2.41 bits per heavy atom. The molecule has 1 heterocycles. The summed E-state index contributed by atoms with van der Waals surface area (Å²) in [5.74, 6) is 0.654. The lowest BCUT2D eigenvalue weighted by Crippen LogP contribution is -2.37. The minimum Gasteiger partial charge on any atom is -0.399 e. The normalized spacial score (nSPS) is 20.4. The first kappa shape index (κ1) is 12.4. The van der Waals surface area contributed by atoms with Crippen LogP contribution in [0.4, 0.5) is 5.69 Å². The average molecular weight is 234 g/mol. The SMILES string of the molecule is CC(O)CN1CCC(c2ccc(N)cc2)CC1. The minimum absolute atomic E-state index is 0.219. The Bertz CT molecular complexity index is 340. The van der Waals surface area contributed by atoms with E-state index in [1.807, 2.05) is 19.1 Å². The maximum absolute atomic E-state index is 9.36. The van der Waals surface area contributed by atoms with E-state index in [-0.39, 0.29) is 6.10 Å². The fourth-order valence-electron chi connectivity index (χ4n) is 2.59. The molecular formula is C14H22N2O. The Morgan fingerprint density at radius 1 is 1.29 bits per heavy atom. The molecule has 1 aliphatic rings. The third-order valence-corrected chi connectivity index (χ3v) is 3.52. The quantitative estimate of drug-likeness (QED) is 0.784. The summed E-state index contributed by atoms with van der Waals surface area (Å²) in [4.78, 5) is 2.35. The van der Waals surface area contributed by atoms with Crippen LogP contribution in [-0.4, -0.2) is 35.7 Å². The van der Waals surface area contributed by atoms with Crippen LogP contribution in [-0.2, 0) is 0 Å². The molecular weight excluding hydrogens is 212 g/mol. The van der Waals surface area contributed by atoms with E-state index < -0.39 is 0 Å². The van der Waals surface area contributed by atoms with Crippen molar-refractivity contribution in [3.63, 3.8) is 0 Å². The molecule has 94 valence electrons. The lowest BCUT2D eigenvalue weighted by atomic mass is 9.89. The van der Waals surface area contributed by atoms with Crippen LogP contribution in [0.25, 0.3) is 0 Å². The van der Waals surface area contributed by atoms with Crippen molar-refractivity contribution in [1.29, 1.82) is 0 Å². The summed E-state index contributed by atoms with van der Waals surface area (Å²) in [7, 11) is 0. The number of piperidine rings is 1. The molecule has 3 heteroatoms. The van der Waals surface area contributed by atoms with Gasteiger partial charge in [-0.05, 0) is 56.5 Å². The molecule has 0 amide bonds. The van der Waals surface area contributed by atoms with Crippen LogP contribution >= 0.6 is 0 Å². The number of aliphatic hydroxyl groups is 1. The van der Waals surface area contributed by atoms with Crippen molar-refractivity contribution in [3.8, 4) is 0 Å². The highest BCUT2D eigenvalue weighted by Crippen LogP contribution is 2.28. The second kappa shape index (κ2) is 5.52. The number of rotatable bonds is 3. The highest BCUT2D eigenvalue weighted by atomic mass is 16.3. The Balaban J connectivity index is 1.88. The lowest BCUT2D eigenvalue weighted by molar-refractivity contribution is 0.109. The van der Waals surface area contributed by atoms with E-state index in [0.29, 0.717) is 5.92 Å². The maximum Gasteiger partial charge on any atom is 0.0639 e. The average Bonchev–Trinajstić information content (AvgIpc) is 2.30. The van der Waals surface area contributed by atoms with E-state index in [2.05, 4.69) is 17.0 Å². The summed E-state index contributed by atoms with van der Waals surface area (Å²) in [6.07, 6.45) is 2.14. The molecule has 0 spiro atoms. The van der Waals surface area contributed by atoms with Crippen molar-refractivity contribution in [2.45, 2.75) is 31.8 Å². The highest BCUT2D eigenvalue weighted by molar-refractivity contribution is 5.40. The van der Waals surface area contributed by atoms with Gasteiger partial charge in [0.2, 0.25) is 0 Å². The molecule has 3 N–H and O–H groups in total. The summed E-state index contributed by atoms with van der Waals surface area (Å²) in [6.45, 7) is 4.82. The Labute approximate surface area is 103 Å². The molecule has 0 radical (unpaired) electrons. The number of hydrogen-bond acceptors (Lipinski definition) is 3. The van der Waals surface area contributed by atoms with Gasteiger partial charge < -0.3 is 15.7 Å². The summed E-state index contributed by atoms with van der Waals surface area (Å²) >= 11 is 0. The molecule has 0 aliphatic carbocycles. The second-order valence-corrected chi connectivity index (χ2v) is 5.09. The second-order valence-electron chi connectivity index (χ2n) is 5.09. The molecule has 1 fully saturated rings. The summed E-state index contributed by atoms with van der Waals surface area (Å²) < 4.78 is 0. The van der Waals surface area contributed by atoms with Crippen molar-refractivity contribution < 1.29 is 5.11 Å². The zero-order chi connectivity index (χ0) is 12.3. The number of nitrogen functional groups attached to an aromatic ring is 1. The first-order valence-corrected chi connectivity index (χ1v) is 6.41. The Kier molecular flexibility index (Phi) is 4.02. The van der Waals surface area contributed by atoms with Gasteiger partial charge >= 0.3 is 0 Å². The van der Waals surface area contributed by atoms with Crippen LogP contribution in [0.3, 0.4) is 0 Å². The van der Waals surface area contributed by atoms with Crippen LogP contribution < -0.4 is 5.73 Å². The maximum atomic E-state index is 9.36. The fraction of sp³-hybridized carbons (Fsp3) is 0.571. The highest BCUT2D eigenvalue weighted by Gasteiger charge is 2.20. The van der Waals surface area contributed by atoms with Gasteiger partial charge in [0.25, 0.3) is 0 Å². The standard InChI is InChI=1S/C14H22N2O/c1-11(17)10-16-8-6-13(7-9-16)12-2-4-14(15)5-3-12/h2-5,11,13,17H,6-10,15H2,1H3. The third kappa shape index (κ3) is 3.45. The smallest absolute Gasteiger partial charge is 0.0639 e. The number of likely N-dealkylation sites (tertiary alicyclic amines) is 1. The number of aliphatic hydroxyl groups excluding tert-OH is 1. The third-order valence-electron chi connectivity index (χ3n) is 3.52. The number of benzene rings is 1. The molecule has 0 aromatic heterocycles. The number of anilines is 1. The van der Waals surface area contributed by atoms with Crippen molar-refractivity contribution in [1.82, 2.24) is 4.90 Å². The summed E-state index contributed by atoms with van der Waals surface area (Å²) in [6, 6.07) is 8.25. The van der Waals surface area contributed by atoms with Gasteiger partial charge in [-0.1, -0.05) is 12.1 Å². The van der Waals surface area contributed by atoms with Gasteiger partial charge in [-0.25, -0.2) is 0 Å². The van der Waals surface area contributed by atoms with Gasteiger partial charge in [0.15, 0.2) is 0 Å². The molecule has 0 saturated carbocycles. The topological polar surface area (TPSA) is 49.5 Å². The van der Waals surface area contributed by atoms with Gasteiger partial charge in [-0.3, -0.25) is 0 Å². The van der Waals surface area contributed by atoms with Gasteiger partial charge in [0.05, 0.1) is 6.10 Å². The molecule has 1 aromatic carbocycles. The number of hydrogen-bond donors (Lipinski definition) is 2. The van der Waals surface area contributed by atoms with Crippen LogP contribution in [0.2, 0.25) is 0 Å². The molecule has 17 heavy (non-hydrogen) atoms. The predicted molar refractivity (Wildman–Crippen MR) is 71.0 cm³/mol. The van der Waals surface area contributed by atoms with E-state index in [9.17, 15) is 5.11 Å². The fourth-order valence-corrected chi connectivity index (χ4v) is 2.59. The van der Waals surface area contributed by atoms with Crippen molar-refractivity contribution in [2.75, 3.05) is 25.4 Å². The zero-order valence-corrected chi connectivity index (χ0v) is 10.5. The number of β-amino-alcohol motifs (C(OH)–C–C–N with tert-alkyl or cyclic N) is 1. The van der Waals surface area contributed by atoms with E-state index in [4.69, 9.17) is 5.73 Å². The lowest BCUT2D eigenvalue weighted by Gasteiger charge is -2.32. The Morgan fingerprint density at radius 2 is 1.88 bits per heavy atom. The van der Waals surface area contributed by atoms with E-state index in [0.717, 1.165) is 25.3 Å². The monoisotopic (exact) mass is 234 g/mol. The van der Waals surface area contributed by atoms with Crippen LogP contribution in [0.1, 0.15) is 31.2 Å². The van der Waals surface area contributed by atoms with Gasteiger partial charge in [0, 0.05) is 12.2 Å². The zero-order valence-electron chi connectivity index (χ0n) is 10.5. The van der Waals surface area contributed by atoms with E-state index >= 15 is 0 Å². The minimum atomic E-state index is -0.219. The first-order valence-electron chi connectivity index (χ1n) is 6.41. The van der Waals surface area contributed by atoms with Gasteiger partial charge in [-0.2, -0.15) is 0 Å². The van der Waals surface area contributed by atoms with E-state index in [1.165, 1.54) is 18.4 Å². The molecule has 3 nitrogen and oxygen atoms in total. The van der Waals surface area contributed by atoms with Crippen molar-refractivity contribution in [3.05, 3.63) is 29.8 Å². The van der Waals surface area contributed by atoms with Gasteiger partial charge in [-0.15, -0.1) is 0 Å². The molecule has 1 aliphatic heterocycles. The molecule has 1 atom stereocenters. The number of nitrogens with two attached hydrogens (primary N) is 1. The number of nitrogens with zero attached hydrogens (tertiary/aromatic N) is 1. The largest absolute Gasteiger partial charge is 0.399 e. The summed E-state index contributed by atoms with van der Waals surface area (Å²) in [5, 5.41) is 9.36. The van der Waals surface area contributed by atoms with Gasteiger partial charge in [0.1, 0.15) is 0 Å². The van der Waals surface area contributed by atoms with Crippen molar-refractivity contribution >= 4 is 5.69 Å². The summed E-state index contributed by atoms with van der Waals surface area (Å²) in [5.41, 5.74) is 7.93. The molecule has 2 rings (SSSR count). The molecule has 1 aromatic rings. The Hall–Kier alpha value is -1.06. The first-order chi connectivity index (χ1) is 8.15.